The lowest BCUT2D eigenvalue weighted by atomic mass is 9.81. The summed E-state index contributed by atoms with van der Waals surface area (Å²) in [6.45, 7) is 6.14. The van der Waals surface area contributed by atoms with E-state index in [-0.39, 0.29) is 39.3 Å². The van der Waals surface area contributed by atoms with Gasteiger partial charge in [0.2, 0.25) is 27.7 Å². The van der Waals surface area contributed by atoms with E-state index in [4.69, 9.17) is 28.9 Å². The molecule has 0 saturated carbocycles. The number of carbonyl (C=O) groups is 4. The van der Waals surface area contributed by atoms with Gasteiger partial charge >= 0.3 is 0 Å². The molecule has 2 unspecified atom stereocenters. The van der Waals surface area contributed by atoms with Crippen molar-refractivity contribution in [1.82, 2.24) is 19.8 Å². The summed E-state index contributed by atoms with van der Waals surface area (Å²) >= 11 is 13.4. The van der Waals surface area contributed by atoms with E-state index in [1.54, 1.807) is 11.0 Å². The second-order valence-electron chi connectivity index (χ2n) is 12.6. The van der Waals surface area contributed by atoms with Crippen LogP contribution in [0.3, 0.4) is 0 Å². The molecule has 0 spiro atoms. The largest absolute Gasteiger partial charge is 0.370 e. The summed E-state index contributed by atoms with van der Waals surface area (Å²) < 4.78 is 29.7. The first kappa shape index (κ1) is 34.1. The number of carbonyl (C=O) groups excluding carboxylic acids is 4. The Balaban J connectivity index is 1.31. The molecule has 4 atom stereocenters. The molecular formula is C31H35Cl2N5O6S2. The summed E-state index contributed by atoms with van der Waals surface area (Å²) in [7, 11) is -4.34. The molecule has 4 N–H and O–H groups in total. The van der Waals surface area contributed by atoms with Crippen LogP contribution in [0.1, 0.15) is 49.7 Å². The van der Waals surface area contributed by atoms with E-state index in [1.807, 2.05) is 45.0 Å². The standard InChI is InChI=1S/C31H35Cl2N5O6S2/c1-31(2,3)27(35-28(40)24-13-17-7-4-5-9-23(17)45-24)30(42)38-16-22-21(38)8-6-12-37(22)29(41)20(15-26(34)39)36-46(43,44)25-11-10-18(32)14-19(25)33/h4-5,7,9-11,13-14,20-22,27,36H,6,8,12,15-16H2,1-3H3,(H2,34,39)(H,35,40)/t20-,21?,22+,27?/m0/s1. The highest BCUT2D eigenvalue weighted by molar-refractivity contribution is 7.89. The van der Waals surface area contributed by atoms with E-state index in [1.165, 1.54) is 34.4 Å². The van der Waals surface area contributed by atoms with Gasteiger partial charge < -0.3 is 20.9 Å². The summed E-state index contributed by atoms with van der Waals surface area (Å²) in [5.74, 6) is -2.09. The third-order valence-electron chi connectivity index (χ3n) is 8.32. The molecular weight excluding hydrogens is 673 g/mol. The molecule has 0 radical (unpaired) electrons. The maximum atomic E-state index is 14.0. The Labute approximate surface area is 281 Å². The van der Waals surface area contributed by atoms with Gasteiger partial charge in [0.05, 0.1) is 28.4 Å². The molecule has 1 aromatic heterocycles. The number of benzene rings is 2. The van der Waals surface area contributed by atoms with E-state index in [0.717, 1.165) is 10.1 Å². The zero-order valence-electron chi connectivity index (χ0n) is 25.5. The van der Waals surface area contributed by atoms with Crippen molar-refractivity contribution in [3.63, 3.8) is 0 Å². The Kier molecular flexibility index (Phi) is 9.72. The number of hydrogen-bond donors (Lipinski definition) is 3. The van der Waals surface area contributed by atoms with E-state index < -0.39 is 51.8 Å². The van der Waals surface area contributed by atoms with Gasteiger partial charge in [-0.15, -0.1) is 11.3 Å². The molecule has 0 bridgehead atoms. The molecule has 2 aromatic carbocycles. The molecule has 11 nitrogen and oxygen atoms in total. The third kappa shape index (κ3) is 7.03. The van der Waals surface area contributed by atoms with Gasteiger partial charge in [0.25, 0.3) is 5.91 Å². The lowest BCUT2D eigenvalue weighted by molar-refractivity contribution is -0.162. The average Bonchev–Trinajstić information content (AvgIpc) is 3.39. The van der Waals surface area contributed by atoms with Gasteiger partial charge in [0.1, 0.15) is 17.0 Å². The van der Waals surface area contributed by atoms with Crippen molar-refractivity contribution in [1.29, 1.82) is 0 Å². The molecule has 5 rings (SSSR count). The zero-order chi connectivity index (χ0) is 33.6. The minimum Gasteiger partial charge on any atom is -0.370 e. The summed E-state index contributed by atoms with van der Waals surface area (Å²) in [6.07, 6.45) is 0.591. The number of thiophene rings is 1. The van der Waals surface area contributed by atoms with Crippen LogP contribution in [0.5, 0.6) is 0 Å². The number of fused-ring (bicyclic) bond motifs is 2. The molecule has 3 aromatic rings. The van der Waals surface area contributed by atoms with Gasteiger partial charge in [-0.05, 0) is 54.0 Å². The van der Waals surface area contributed by atoms with Crippen molar-refractivity contribution >= 4 is 78.3 Å². The Morgan fingerprint density at radius 1 is 1.02 bits per heavy atom. The number of piperidine rings is 1. The van der Waals surface area contributed by atoms with Crippen LogP contribution < -0.4 is 15.8 Å². The fourth-order valence-electron chi connectivity index (χ4n) is 5.98. The van der Waals surface area contributed by atoms with Crippen molar-refractivity contribution in [2.45, 2.75) is 69.1 Å². The monoisotopic (exact) mass is 707 g/mol. The van der Waals surface area contributed by atoms with Crippen LogP contribution >= 0.6 is 34.5 Å². The van der Waals surface area contributed by atoms with E-state index in [2.05, 4.69) is 10.0 Å². The van der Waals surface area contributed by atoms with Gasteiger partial charge in [-0.25, -0.2) is 8.42 Å². The first-order chi connectivity index (χ1) is 21.6. The summed E-state index contributed by atoms with van der Waals surface area (Å²) in [5, 5.41) is 3.98. The molecule has 0 aliphatic carbocycles. The number of primary amides is 1. The molecule has 2 fully saturated rings. The SMILES string of the molecule is CC(C)(C)C(NC(=O)c1cc2ccccc2s1)C(=O)N1C[C@@H]2C1CCCN2C(=O)[C@H](CC(N)=O)NS(=O)(=O)c1ccc(Cl)cc1Cl. The number of sulfonamides is 1. The Morgan fingerprint density at radius 2 is 1.74 bits per heavy atom. The molecule has 46 heavy (non-hydrogen) atoms. The fourth-order valence-corrected chi connectivity index (χ4v) is 8.91. The number of nitrogens with two attached hydrogens (primary N) is 1. The van der Waals surface area contributed by atoms with Crippen molar-refractivity contribution in [2.75, 3.05) is 13.1 Å². The van der Waals surface area contributed by atoms with Gasteiger partial charge in [0.15, 0.2) is 0 Å². The third-order valence-corrected chi connectivity index (χ3v) is 11.6. The number of hydrogen-bond acceptors (Lipinski definition) is 7. The Bertz CT molecular complexity index is 1770. The van der Waals surface area contributed by atoms with Crippen molar-refractivity contribution in [3.05, 3.63) is 63.5 Å². The number of likely N-dealkylation sites (tertiary alicyclic amines) is 2. The van der Waals surface area contributed by atoms with Gasteiger partial charge in [-0.1, -0.05) is 62.2 Å². The molecule has 2 aliphatic heterocycles. The van der Waals surface area contributed by atoms with Crippen LogP contribution in [0, 0.1) is 5.41 Å². The summed E-state index contributed by atoms with van der Waals surface area (Å²) in [4.78, 5) is 56.4. The molecule has 4 amide bonds. The van der Waals surface area contributed by atoms with Crippen LogP contribution in [-0.2, 0) is 24.4 Å². The number of amides is 4. The quantitative estimate of drug-likeness (QED) is 0.307. The normalized spacial score (nSPS) is 19.6. The average molecular weight is 709 g/mol. The molecule has 3 heterocycles. The van der Waals surface area contributed by atoms with Crippen LogP contribution in [0.2, 0.25) is 10.0 Å². The second-order valence-corrected chi connectivity index (χ2v) is 16.2. The predicted molar refractivity (Wildman–Crippen MR) is 177 cm³/mol. The van der Waals surface area contributed by atoms with Crippen molar-refractivity contribution in [3.8, 4) is 0 Å². The highest BCUT2D eigenvalue weighted by Crippen LogP contribution is 2.35. The van der Waals surface area contributed by atoms with E-state index >= 15 is 0 Å². The molecule has 2 saturated heterocycles. The van der Waals surface area contributed by atoms with Gasteiger partial charge in [0, 0.05) is 22.8 Å². The maximum Gasteiger partial charge on any atom is 0.262 e. The molecule has 2 aliphatic rings. The van der Waals surface area contributed by atoms with E-state index in [9.17, 15) is 27.6 Å². The number of nitrogens with zero attached hydrogens (tertiary/aromatic N) is 2. The van der Waals surface area contributed by atoms with Crippen LogP contribution in [0.25, 0.3) is 10.1 Å². The maximum absolute atomic E-state index is 14.0. The number of nitrogens with one attached hydrogen (secondary N) is 2. The minimum atomic E-state index is -4.34. The first-order valence-corrected chi connectivity index (χ1v) is 17.8. The zero-order valence-corrected chi connectivity index (χ0v) is 28.6. The highest BCUT2D eigenvalue weighted by atomic mass is 35.5. The second kappa shape index (κ2) is 13.1. The van der Waals surface area contributed by atoms with Crippen LogP contribution in [-0.4, -0.2) is 79.1 Å². The minimum absolute atomic E-state index is 0.149. The lowest BCUT2D eigenvalue weighted by Crippen LogP contribution is -2.74. The lowest BCUT2D eigenvalue weighted by Gasteiger charge is -2.57. The van der Waals surface area contributed by atoms with Crippen molar-refractivity contribution in [2.24, 2.45) is 11.1 Å². The van der Waals surface area contributed by atoms with Crippen molar-refractivity contribution < 1.29 is 27.6 Å². The first-order valence-electron chi connectivity index (χ1n) is 14.7. The molecule has 15 heteroatoms. The Morgan fingerprint density at radius 3 is 2.39 bits per heavy atom. The Hall–Kier alpha value is -3.23. The predicted octanol–water partition coefficient (Wildman–Crippen LogP) is 3.78. The fraction of sp³-hybridized carbons (Fsp3) is 0.419. The smallest absolute Gasteiger partial charge is 0.262 e. The highest BCUT2D eigenvalue weighted by Gasteiger charge is 2.52. The summed E-state index contributed by atoms with van der Waals surface area (Å²) in [5.41, 5.74) is 4.79. The topological polar surface area (TPSA) is 159 Å². The molecule has 246 valence electrons. The van der Waals surface area contributed by atoms with Crippen LogP contribution in [0.4, 0.5) is 0 Å². The number of halogens is 2. The van der Waals surface area contributed by atoms with Gasteiger partial charge in [-0.2, -0.15) is 4.72 Å². The number of rotatable bonds is 9. The van der Waals surface area contributed by atoms with Crippen LogP contribution in [0.15, 0.2) is 53.4 Å². The van der Waals surface area contributed by atoms with E-state index in [0.29, 0.717) is 24.3 Å². The van der Waals surface area contributed by atoms with Gasteiger partial charge in [-0.3, -0.25) is 19.2 Å². The summed E-state index contributed by atoms with van der Waals surface area (Å²) in [6, 6.07) is 10.2.